The number of hydrogen-bond donors (Lipinski definition) is 2. The first-order valence-corrected chi connectivity index (χ1v) is 7.80. The topological polar surface area (TPSA) is 30.3 Å². The first kappa shape index (κ1) is 12.9. The highest BCUT2D eigenvalue weighted by Crippen LogP contribution is 2.23. The minimum Gasteiger partial charge on any atom is -0.494 e. The van der Waals surface area contributed by atoms with Gasteiger partial charge in [0.15, 0.2) is 6.04 Å². The number of nitrogens with two attached hydrogens (primary N) is 1. The molecule has 0 aromatic heterocycles. The second-order valence-electron chi connectivity index (χ2n) is 5.79. The molecule has 104 valence electrons. The second kappa shape index (κ2) is 5.93. The molecule has 0 unspecified atom stereocenters. The van der Waals surface area contributed by atoms with Crippen LogP contribution in [0.2, 0.25) is 0 Å². The molecule has 3 N–H and O–H groups in total. The summed E-state index contributed by atoms with van der Waals surface area (Å²) in [6.45, 7) is 7.86. The average molecular weight is 262 g/mol. The summed E-state index contributed by atoms with van der Waals surface area (Å²) < 4.78 is 5.69. The summed E-state index contributed by atoms with van der Waals surface area (Å²) in [5.41, 5.74) is 3.06. The molecule has 0 saturated carbocycles. The van der Waals surface area contributed by atoms with Crippen molar-refractivity contribution in [1.29, 1.82) is 0 Å². The lowest BCUT2D eigenvalue weighted by Crippen LogP contribution is -3.16. The third-order valence-electron chi connectivity index (χ3n) is 4.56. The van der Waals surface area contributed by atoms with Gasteiger partial charge >= 0.3 is 0 Å². The Balaban J connectivity index is 1.86. The van der Waals surface area contributed by atoms with Gasteiger partial charge in [-0.3, -0.25) is 0 Å². The van der Waals surface area contributed by atoms with Gasteiger partial charge in [-0.1, -0.05) is 0 Å². The van der Waals surface area contributed by atoms with Crippen LogP contribution in [-0.4, -0.2) is 26.2 Å². The molecule has 2 aliphatic heterocycles. The normalized spacial score (nSPS) is 23.9. The number of ether oxygens (including phenoxy) is 1. The van der Waals surface area contributed by atoms with Gasteiger partial charge < -0.3 is 15.0 Å². The van der Waals surface area contributed by atoms with E-state index in [4.69, 9.17) is 4.74 Å². The van der Waals surface area contributed by atoms with Crippen molar-refractivity contribution in [2.45, 2.75) is 38.8 Å². The molecule has 1 aromatic rings. The van der Waals surface area contributed by atoms with Crippen LogP contribution in [0.4, 0.5) is 0 Å². The summed E-state index contributed by atoms with van der Waals surface area (Å²) in [5.74, 6) is 1.05. The lowest BCUT2D eigenvalue weighted by molar-refractivity contribution is -0.952. The van der Waals surface area contributed by atoms with E-state index in [1.54, 1.807) is 10.5 Å². The molecule has 19 heavy (non-hydrogen) atoms. The first-order valence-electron chi connectivity index (χ1n) is 7.80. The molecule has 3 rings (SSSR count). The smallest absolute Gasteiger partial charge is 0.163 e. The molecule has 2 heterocycles. The van der Waals surface area contributed by atoms with Crippen molar-refractivity contribution < 1.29 is 15.0 Å². The zero-order valence-electron chi connectivity index (χ0n) is 12.0. The molecule has 1 aromatic carbocycles. The quantitative estimate of drug-likeness (QED) is 0.805. The molecule has 3 nitrogen and oxygen atoms in total. The molecular weight excluding hydrogens is 236 g/mol. The van der Waals surface area contributed by atoms with Crippen molar-refractivity contribution in [1.82, 2.24) is 0 Å². The van der Waals surface area contributed by atoms with E-state index in [1.165, 1.54) is 44.5 Å². The summed E-state index contributed by atoms with van der Waals surface area (Å²) >= 11 is 0. The highest BCUT2D eigenvalue weighted by atomic mass is 16.5. The number of benzene rings is 1. The highest BCUT2D eigenvalue weighted by Gasteiger charge is 2.32. The average Bonchev–Trinajstić information content (AvgIpc) is 2.48. The van der Waals surface area contributed by atoms with Crippen LogP contribution in [0.25, 0.3) is 0 Å². The van der Waals surface area contributed by atoms with E-state index >= 15 is 0 Å². The summed E-state index contributed by atoms with van der Waals surface area (Å²) in [7, 11) is 0. The van der Waals surface area contributed by atoms with E-state index in [0.717, 1.165) is 18.9 Å². The van der Waals surface area contributed by atoms with Crippen LogP contribution in [0.1, 0.15) is 43.4 Å². The van der Waals surface area contributed by atoms with Crippen LogP contribution in [0, 0.1) is 0 Å². The number of quaternary nitrogens is 2. The molecule has 0 radical (unpaired) electrons. The van der Waals surface area contributed by atoms with Crippen LogP contribution in [0.15, 0.2) is 18.2 Å². The number of fused-ring (bicyclic) bond motifs is 1. The third kappa shape index (κ3) is 2.77. The fraction of sp³-hybridized carbons (Fsp3) is 0.625. The fourth-order valence-electron chi connectivity index (χ4n) is 3.61. The van der Waals surface area contributed by atoms with Gasteiger partial charge in [-0.2, -0.15) is 0 Å². The maximum absolute atomic E-state index is 5.69. The van der Waals surface area contributed by atoms with Crippen LogP contribution < -0.4 is 15.0 Å². The predicted molar refractivity (Wildman–Crippen MR) is 75.4 cm³/mol. The van der Waals surface area contributed by atoms with Crippen molar-refractivity contribution in [3.8, 4) is 5.75 Å². The number of nitrogens with one attached hydrogen (secondary N) is 1. The number of rotatable bonds is 3. The van der Waals surface area contributed by atoms with Gasteiger partial charge in [-0.25, -0.2) is 0 Å². The maximum atomic E-state index is 5.69. The molecule has 3 heteroatoms. The largest absolute Gasteiger partial charge is 0.494 e. The van der Waals surface area contributed by atoms with Gasteiger partial charge in [0.2, 0.25) is 0 Å². The minimum atomic E-state index is 0.671. The molecule has 0 spiro atoms. The van der Waals surface area contributed by atoms with E-state index in [0.29, 0.717) is 6.04 Å². The number of likely N-dealkylation sites (tertiary alicyclic amines) is 1. The van der Waals surface area contributed by atoms with Gasteiger partial charge in [0.1, 0.15) is 18.8 Å². The van der Waals surface area contributed by atoms with E-state index in [1.807, 2.05) is 0 Å². The Morgan fingerprint density at radius 3 is 2.89 bits per heavy atom. The Kier molecular flexibility index (Phi) is 4.04. The summed E-state index contributed by atoms with van der Waals surface area (Å²) in [4.78, 5) is 1.79. The molecule has 1 fully saturated rings. The lowest BCUT2D eigenvalue weighted by Gasteiger charge is -2.34. The second-order valence-corrected chi connectivity index (χ2v) is 5.79. The Hall–Kier alpha value is -1.06. The Labute approximate surface area is 115 Å². The zero-order valence-corrected chi connectivity index (χ0v) is 12.0. The van der Waals surface area contributed by atoms with Crippen LogP contribution in [-0.2, 0) is 6.54 Å². The monoisotopic (exact) mass is 262 g/mol. The van der Waals surface area contributed by atoms with Gasteiger partial charge in [0, 0.05) is 11.1 Å². The summed E-state index contributed by atoms with van der Waals surface area (Å²) in [5, 5.41) is 2.47. The van der Waals surface area contributed by atoms with E-state index in [2.05, 4.69) is 30.4 Å². The minimum absolute atomic E-state index is 0.671. The standard InChI is InChI=1S/C16H24N2O/c1-2-19-14-7-6-13-11-17-12-16(15(13)10-14)18-8-4-3-5-9-18/h6-7,10,16-17H,2-5,8-9,11-12H2,1H3/p+2/t16-/m1/s1. The highest BCUT2D eigenvalue weighted by molar-refractivity contribution is 5.37. The molecule has 1 saturated heterocycles. The van der Waals surface area contributed by atoms with Crippen molar-refractivity contribution in [2.75, 3.05) is 26.2 Å². The van der Waals surface area contributed by atoms with Crippen molar-refractivity contribution in [3.63, 3.8) is 0 Å². The van der Waals surface area contributed by atoms with E-state index in [9.17, 15) is 0 Å². The van der Waals surface area contributed by atoms with E-state index < -0.39 is 0 Å². The van der Waals surface area contributed by atoms with Gasteiger partial charge in [0.25, 0.3) is 0 Å². The van der Waals surface area contributed by atoms with Crippen LogP contribution >= 0.6 is 0 Å². The molecular formula is C16H26N2O+2. The fourth-order valence-corrected chi connectivity index (χ4v) is 3.61. The van der Waals surface area contributed by atoms with Gasteiger partial charge in [-0.05, 0) is 44.4 Å². The maximum Gasteiger partial charge on any atom is 0.163 e. The first-order chi connectivity index (χ1) is 9.38. The lowest BCUT2D eigenvalue weighted by atomic mass is 9.93. The van der Waals surface area contributed by atoms with Crippen molar-refractivity contribution >= 4 is 0 Å². The number of hydrogen-bond acceptors (Lipinski definition) is 1. The number of piperidine rings is 1. The molecule has 0 bridgehead atoms. The summed E-state index contributed by atoms with van der Waals surface area (Å²) in [6.07, 6.45) is 4.21. The van der Waals surface area contributed by atoms with Crippen LogP contribution in [0.3, 0.4) is 0 Å². The summed E-state index contributed by atoms with van der Waals surface area (Å²) in [6, 6.07) is 7.37. The Bertz CT molecular complexity index is 427. The SMILES string of the molecule is CCOc1ccc2c(c1)[C@H]([NH+]1CCCCC1)C[NH2+]C2. The molecule has 1 atom stereocenters. The Morgan fingerprint density at radius 2 is 2.11 bits per heavy atom. The van der Waals surface area contributed by atoms with Crippen LogP contribution in [0.5, 0.6) is 5.75 Å². The predicted octanol–water partition coefficient (Wildman–Crippen LogP) is 0.272. The molecule has 0 amide bonds. The van der Waals surface area contributed by atoms with Gasteiger partial charge in [0.05, 0.1) is 19.7 Å². The zero-order chi connectivity index (χ0) is 13.1. The third-order valence-corrected chi connectivity index (χ3v) is 4.56. The van der Waals surface area contributed by atoms with Gasteiger partial charge in [-0.15, -0.1) is 0 Å². The molecule has 2 aliphatic rings. The molecule has 0 aliphatic carbocycles. The van der Waals surface area contributed by atoms with Crippen molar-refractivity contribution in [2.24, 2.45) is 0 Å². The van der Waals surface area contributed by atoms with E-state index in [-0.39, 0.29) is 0 Å². The van der Waals surface area contributed by atoms with Crippen molar-refractivity contribution in [3.05, 3.63) is 29.3 Å². The Morgan fingerprint density at radius 1 is 1.26 bits per heavy atom.